The van der Waals surface area contributed by atoms with Crippen LogP contribution in [0.4, 0.5) is 4.39 Å². The minimum atomic E-state index is -0.428. The molecule has 0 amide bonds. The van der Waals surface area contributed by atoms with Crippen LogP contribution in [0.1, 0.15) is 5.56 Å². The molecule has 2 nitrogen and oxygen atoms in total. The van der Waals surface area contributed by atoms with E-state index in [-0.39, 0.29) is 21.2 Å². The zero-order valence-electron chi connectivity index (χ0n) is 8.64. The van der Waals surface area contributed by atoms with Gasteiger partial charge in [-0.3, -0.25) is 0 Å². The van der Waals surface area contributed by atoms with E-state index in [1.165, 1.54) is 18.2 Å². The van der Waals surface area contributed by atoms with Gasteiger partial charge in [-0.1, -0.05) is 34.8 Å². The van der Waals surface area contributed by atoms with Crippen molar-refractivity contribution in [1.29, 1.82) is 0 Å². The van der Waals surface area contributed by atoms with Crippen LogP contribution < -0.4 is 0 Å². The van der Waals surface area contributed by atoms with Gasteiger partial charge < -0.3 is 0 Å². The zero-order valence-corrected chi connectivity index (χ0v) is 10.9. The van der Waals surface area contributed by atoms with Crippen molar-refractivity contribution in [3.05, 3.63) is 44.9 Å². The maximum absolute atomic E-state index is 12.9. The minimum Gasteiger partial charge on any atom is -0.216 e. The van der Waals surface area contributed by atoms with Crippen molar-refractivity contribution < 1.29 is 4.39 Å². The molecule has 0 radical (unpaired) electrons. The van der Waals surface area contributed by atoms with Crippen molar-refractivity contribution in [3.63, 3.8) is 0 Å². The van der Waals surface area contributed by atoms with Gasteiger partial charge in [-0.2, -0.15) is 0 Å². The summed E-state index contributed by atoms with van der Waals surface area (Å²) in [6.45, 7) is 1.71. The first-order valence-electron chi connectivity index (χ1n) is 4.64. The van der Waals surface area contributed by atoms with Gasteiger partial charge in [0.2, 0.25) is 0 Å². The van der Waals surface area contributed by atoms with E-state index in [2.05, 4.69) is 9.97 Å². The van der Waals surface area contributed by atoms with E-state index >= 15 is 0 Å². The molecule has 0 N–H and O–H groups in total. The van der Waals surface area contributed by atoms with E-state index in [9.17, 15) is 4.39 Å². The molecule has 1 aromatic carbocycles. The number of hydrogen-bond acceptors (Lipinski definition) is 2. The quantitative estimate of drug-likeness (QED) is 0.720. The van der Waals surface area contributed by atoms with Gasteiger partial charge in [0.15, 0.2) is 5.82 Å². The predicted molar refractivity (Wildman–Crippen MR) is 67.2 cm³/mol. The maximum atomic E-state index is 12.9. The highest BCUT2D eigenvalue weighted by molar-refractivity contribution is 6.35. The summed E-state index contributed by atoms with van der Waals surface area (Å²) in [7, 11) is 0. The van der Waals surface area contributed by atoms with E-state index in [1.807, 2.05) is 0 Å². The van der Waals surface area contributed by atoms with Crippen molar-refractivity contribution in [2.24, 2.45) is 0 Å². The van der Waals surface area contributed by atoms with Gasteiger partial charge in [0.1, 0.15) is 16.1 Å². The van der Waals surface area contributed by atoms with E-state index in [4.69, 9.17) is 34.8 Å². The molecule has 2 rings (SSSR count). The van der Waals surface area contributed by atoms with Crippen LogP contribution in [0.3, 0.4) is 0 Å². The van der Waals surface area contributed by atoms with Crippen LogP contribution in [-0.4, -0.2) is 9.97 Å². The van der Waals surface area contributed by atoms with Gasteiger partial charge in [-0.15, -0.1) is 0 Å². The Morgan fingerprint density at radius 3 is 2.18 bits per heavy atom. The monoisotopic (exact) mass is 290 g/mol. The smallest absolute Gasteiger partial charge is 0.164 e. The SMILES string of the molecule is Cc1c(Cl)nc(-c2ccc(F)cc2Cl)nc1Cl. The Labute approximate surface area is 112 Å². The third kappa shape index (κ3) is 2.51. The highest BCUT2D eigenvalue weighted by Crippen LogP contribution is 2.29. The number of hydrogen-bond donors (Lipinski definition) is 0. The molecule has 0 saturated heterocycles. The fraction of sp³-hybridized carbons (Fsp3) is 0.0909. The maximum Gasteiger partial charge on any atom is 0.164 e. The van der Waals surface area contributed by atoms with Crippen molar-refractivity contribution in [3.8, 4) is 11.4 Å². The number of nitrogens with zero attached hydrogens (tertiary/aromatic N) is 2. The second kappa shape index (κ2) is 4.77. The molecule has 17 heavy (non-hydrogen) atoms. The van der Waals surface area contributed by atoms with E-state index < -0.39 is 5.82 Å². The Kier molecular flexibility index (Phi) is 3.52. The van der Waals surface area contributed by atoms with Crippen LogP contribution in [0.2, 0.25) is 15.3 Å². The standard InChI is InChI=1S/C11H6Cl3FN2/c1-5-9(13)16-11(17-10(5)14)7-3-2-6(15)4-8(7)12/h2-4H,1H3. The Hall–Kier alpha value is -0.900. The molecular weight excluding hydrogens is 285 g/mol. The Morgan fingerprint density at radius 1 is 1.06 bits per heavy atom. The molecule has 0 fully saturated rings. The van der Waals surface area contributed by atoms with E-state index in [0.29, 0.717) is 11.1 Å². The molecular formula is C11H6Cl3FN2. The summed E-state index contributed by atoms with van der Waals surface area (Å²) in [6, 6.07) is 3.93. The summed E-state index contributed by atoms with van der Waals surface area (Å²) in [4.78, 5) is 8.11. The van der Waals surface area contributed by atoms with Crippen LogP contribution in [0.15, 0.2) is 18.2 Å². The first-order chi connectivity index (χ1) is 7.99. The van der Waals surface area contributed by atoms with Gasteiger partial charge in [0.05, 0.1) is 5.02 Å². The number of aromatic nitrogens is 2. The molecule has 0 spiro atoms. The lowest BCUT2D eigenvalue weighted by atomic mass is 10.2. The topological polar surface area (TPSA) is 25.8 Å². The lowest BCUT2D eigenvalue weighted by Crippen LogP contribution is -1.94. The summed E-state index contributed by atoms with van der Waals surface area (Å²) in [5, 5.41) is 0.710. The molecule has 0 aliphatic rings. The van der Waals surface area contributed by atoms with Crippen LogP contribution in [0.5, 0.6) is 0 Å². The van der Waals surface area contributed by atoms with Crippen molar-refractivity contribution >= 4 is 34.8 Å². The van der Waals surface area contributed by atoms with Gasteiger partial charge in [-0.05, 0) is 25.1 Å². The minimum absolute atomic E-state index is 0.209. The Bertz CT molecular complexity index is 564. The van der Waals surface area contributed by atoms with Gasteiger partial charge in [0.25, 0.3) is 0 Å². The molecule has 1 aromatic heterocycles. The number of halogens is 4. The van der Waals surface area contributed by atoms with Gasteiger partial charge in [-0.25, -0.2) is 14.4 Å². The molecule has 1 heterocycles. The third-order valence-electron chi connectivity index (χ3n) is 2.20. The van der Waals surface area contributed by atoms with Gasteiger partial charge in [0, 0.05) is 11.1 Å². The summed E-state index contributed by atoms with van der Waals surface area (Å²) in [5.41, 5.74) is 1.08. The molecule has 0 bridgehead atoms. The average Bonchev–Trinajstić information content (AvgIpc) is 2.25. The molecule has 2 aromatic rings. The average molecular weight is 292 g/mol. The van der Waals surface area contributed by atoms with Crippen molar-refractivity contribution in [2.75, 3.05) is 0 Å². The molecule has 88 valence electrons. The van der Waals surface area contributed by atoms with Crippen molar-refractivity contribution in [2.45, 2.75) is 6.92 Å². The second-order valence-electron chi connectivity index (χ2n) is 3.38. The number of benzene rings is 1. The first kappa shape index (κ1) is 12.6. The third-order valence-corrected chi connectivity index (χ3v) is 3.25. The summed E-state index contributed by atoms with van der Waals surface area (Å²) < 4.78 is 12.9. The Balaban J connectivity index is 2.61. The molecule has 0 unspecified atom stereocenters. The zero-order chi connectivity index (χ0) is 12.6. The summed E-state index contributed by atoms with van der Waals surface area (Å²) >= 11 is 17.7. The highest BCUT2D eigenvalue weighted by atomic mass is 35.5. The fourth-order valence-corrected chi connectivity index (χ4v) is 1.89. The van der Waals surface area contributed by atoms with E-state index in [1.54, 1.807) is 6.92 Å². The first-order valence-corrected chi connectivity index (χ1v) is 5.77. The molecule has 0 saturated carbocycles. The highest BCUT2D eigenvalue weighted by Gasteiger charge is 2.12. The molecule has 0 aliphatic carbocycles. The molecule has 0 atom stereocenters. The lowest BCUT2D eigenvalue weighted by molar-refractivity contribution is 0.628. The summed E-state index contributed by atoms with van der Waals surface area (Å²) in [6.07, 6.45) is 0. The van der Waals surface area contributed by atoms with Crippen LogP contribution in [0.25, 0.3) is 11.4 Å². The fourth-order valence-electron chi connectivity index (χ4n) is 1.26. The van der Waals surface area contributed by atoms with Crippen LogP contribution in [-0.2, 0) is 0 Å². The van der Waals surface area contributed by atoms with E-state index in [0.717, 1.165) is 0 Å². The predicted octanol–water partition coefficient (Wildman–Crippen LogP) is 4.55. The summed E-state index contributed by atoms with van der Waals surface area (Å²) in [5.74, 6) is -0.154. The molecule has 6 heteroatoms. The van der Waals surface area contributed by atoms with Crippen LogP contribution >= 0.6 is 34.8 Å². The molecule has 0 aliphatic heterocycles. The normalized spacial score (nSPS) is 10.6. The number of rotatable bonds is 1. The lowest BCUT2D eigenvalue weighted by Gasteiger charge is -2.06. The van der Waals surface area contributed by atoms with Gasteiger partial charge >= 0.3 is 0 Å². The van der Waals surface area contributed by atoms with Crippen LogP contribution in [0, 0.1) is 12.7 Å². The second-order valence-corrected chi connectivity index (χ2v) is 4.50. The van der Waals surface area contributed by atoms with Crippen molar-refractivity contribution in [1.82, 2.24) is 9.97 Å². The Morgan fingerprint density at radius 2 is 1.65 bits per heavy atom. The largest absolute Gasteiger partial charge is 0.216 e.